The number of hydrogen-bond acceptors (Lipinski definition) is 3. The maximum Gasteiger partial charge on any atom is 0.217 e. The summed E-state index contributed by atoms with van der Waals surface area (Å²) in [4.78, 5) is 20.6. The van der Waals surface area contributed by atoms with Crippen molar-refractivity contribution in [3.05, 3.63) is 34.9 Å². The van der Waals surface area contributed by atoms with Crippen molar-refractivity contribution < 1.29 is 4.79 Å². The average Bonchev–Trinajstić information content (AvgIpc) is 3.19. The molecule has 0 bridgehead atoms. The molecule has 2 aliphatic heterocycles. The second-order valence-corrected chi connectivity index (χ2v) is 8.30. The molecule has 8 heteroatoms. The Labute approximate surface area is 196 Å². The van der Waals surface area contributed by atoms with Crippen LogP contribution in [0.15, 0.2) is 29.3 Å². The van der Waals surface area contributed by atoms with E-state index in [4.69, 9.17) is 17.3 Å². The van der Waals surface area contributed by atoms with Crippen LogP contribution < -0.4 is 11.1 Å². The molecule has 1 amide bonds. The molecule has 6 nitrogen and oxygen atoms in total. The molecule has 162 valence electrons. The van der Waals surface area contributed by atoms with Gasteiger partial charge in [-0.1, -0.05) is 23.7 Å². The second kappa shape index (κ2) is 12.0. The molecule has 1 aromatic rings. The third-order valence-corrected chi connectivity index (χ3v) is 6.02. The minimum Gasteiger partial charge on any atom is -0.370 e. The fourth-order valence-electron chi connectivity index (χ4n) is 4.45. The Morgan fingerprint density at radius 1 is 1.31 bits per heavy atom. The van der Waals surface area contributed by atoms with Crippen molar-refractivity contribution in [1.29, 1.82) is 0 Å². The van der Waals surface area contributed by atoms with Gasteiger partial charge < -0.3 is 16.0 Å². The number of guanidine groups is 1. The zero-order chi connectivity index (χ0) is 19.9. The third kappa shape index (κ3) is 7.00. The fourth-order valence-corrected chi connectivity index (χ4v) is 4.65. The van der Waals surface area contributed by atoms with E-state index in [-0.39, 0.29) is 35.9 Å². The van der Waals surface area contributed by atoms with E-state index in [1.54, 1.807) is 0 Å². The number of halogens is 2. The number of nitrogens with two attached hydrogens (primary N) is 1. The number of rotatable bonds is 6. The van der Waals surface area contributed by atoms with Crippen molar-refractivity contribution in [2.45, 2.75) is 38.1 Å². The lowest BCUT2D eigenvalue weighted by Crippen LogP contribution is -2.49. The maximum absolute atomic E-state index is 11.3. The molecule has 0 radical (unpaired) electrons. The van der Waals surface area contributed by atoms with Crippen molar-refractivity contribution in [2.75, 3.05) is 39.8 Å². The first-order chi connectivity index (χ1) is 13.6. The molecule has 2 aliphatic rings. The molecule has 2 atom stereocenters. The molecule has 3 rings (SSSR count). The number of nitrogens with one attached hydrogen (secondary N) is 1. The number of amides is 1. The maximum atomic E-state index is 11.3. The zero-order valence-electron chi connectivity index (χ0n) is 17.1. The van der Waals surface area contributed by atoms with Gasteiger partial charge in [-0.2, -0.15) is 0 Å². The lowest BCUT2D eigenvalue weighted by Gasteiger charge is -2.36. The van der Waals surface area contributed by atoms with E-state index in [0.717, 1.165) is 56.5 Å². The van der Waals surface area contributed by atoms with Gasteiger partial charge in [0.2, 0.25) is 5.91 Å². The average molecular weight is 534 g/mol. The van der Waals surface area contributed by atoms with E-state index in [0.29, 0.717) is 12.3 Å². The van der Waals surface area contributed by atoms with E-state index in [1.807, 2.05) is 19.2 Å². The minimum atomic E-state index is -0.218. The van der Waals surface area contributed by atoms with Gasteiger partial charge in [0.05, 0.1) is 6.04 Å². The number of carbonyl (C=O) groups is 1. The highest BCUT2D eigenvalue weighted by Gasteiger charge is 2.27. The smallest absolute Gasteiger partial charge is 0.217 e. The van der Waals surface area contributed by atoms with Crippen LogP contribution in [0.3, 0.4) is 0 Å². The Hall–Kier alpha value is -1.06. The van der Waals surface area contributed by atoms with E-state index in [2.05, 4.69) is 32.2 Å². The van der Waals surface area contributed by atoms with Crippen LogP contribution >= 0.6 is 35.6 Å². The summed E-state index contributed by atoms with van der Waals surface area (Å²) >= 11 is 6.26. The van der Waals surface area contributed by atoms with E-state index < -0.39 is 0 Å². The number of nitrogens with zero attached hydrogens (tertiary/aromatic N) is 3. The Morgan fingerprint density at radius 3 is 2.72 bits per heavy atom. The number of likely N-dealkylation sites (tertiary alicyclic amines) is 2. The lowest BCUT2D eigenvalue weighted by molar-refractivity contribution is -0.119. The molecule has 2 fully saturated rings. The summed E-state index contributed by atoms with van der Waals surface area (Å²) < 4.78 is 0. The molecular formula is C21H33ClIN5O. The first kappa shape index (κ1) is 24.2. The highest BCUT2D eigenvalue weighted by Crippen LogP contribution is 2.27. The monoisotopic (exact) mass is 533 g/mol. The van der Waals surface area contributed by atoms with Gasteiger partial charge >= 0.3 is 0 Å². The molecule has 29 heavy (non-hydrogen) atoms. The van der Waals surface area contributed by atoms with Crippen LogP contribution in [-0.4, -0.2) is 61.4 Å². The summed E-state index contributed by atoms with van der Waals surface area (Å²) in [5.74, 6) is 0.998. The third-order valence-electron chi connectivity index (χ3n) is 5.79. The standard InChI is InChI=1S/C21H32ClN5O.HI/c1-24-21(27-11-5-6-16(15-27)12-20(23)28)25-14-19(26-9-2-3-10-26)17-7-4-8-18(22)13-17;/h4,7-8,13,16,19H,2-3,5-6,9-12,14-15H2,1H3,(H2,23,28)(H,24,25);1H. The van der Waals surface area contributed by atoms with Crippen molar-refractivity contribution in [3.63, 3.8) is 0 Å². The summed E-state index contributed by atoms with van der Waals surface area (Å²) in [7, 11) is 1.82. The van der Waals surface area contributed by atoms with Crippen LogP contribution in [0.2, 0.25) is 5.02 Å². The Balaban J connectivity index is 0.00000300. The Morgan fingerprint density at radius 2 is 2.07 bits per heavy atom. The number of piperidine rings is 1. The molecule has 1 aromatic carbocycles. The van der Waals surface area contributed by atoms with Gasteiger partial charge in [0.25, 0.3) is 0 Å². The van der Waals surface area contributed by atoms with E-state index in [9.17, 15) is 4.79 Å². The van der Waals surface area contributed by atoms with Crippen LogP contribution in [0.25, 0.3) is 0 Å². The fraction of sp³-hybridized carbons (Fsp3) is 0.619. The first-order valence-corrected chi connectivity index (χ1v) is 10.7. The van der Waals surface area contributed by atoms with Crippen LogP contribution in [0.1, 0.15) is 43.7 Å². The van der Waals surface area contributed by atoms with Crippen LogP contribution in [0, 0.1) is 5.92 Å². The predicted octanol–water partition coefficient (Wildman–Crippen LogP) is 3.26. The summed E-state index contributed by atoms with van der Waals surface area (Å²) in [6.07, 6.45) is 5.05. The van der Waals surface area contributed by atoms with E-state index in [1.165, 1.54) is 18.4 Å². The molecule has 0 spiro atoms. The Bertz CT molecular complexity index is 695. The molecule has 3 N–H and O–H groups in total. The van der Waals surface area contributed by atoms with Gasteiger partial charge in [-0.3, -0.25) is 14.7 Å². The normalized spacial score (nSPS) is 21.5. The SMILES string of the molecule is CN=C(NCC(c1cccc(Cl)c1)N1CCCC1)N1CCCC(CC(N)=O)C1.I. The largest absolute Gasteiger partial charge is 0.370 e. The minimum absolute atomic E-state index is 0. The quantitative estimate of drug-likeness (QED) is 0.334. The predicted molar refractivity (Wildman–Crippen MR) is 130 cm³/mol. The highest BCUT2D eigenvalue weighted by atomic mass is 127. The first-order valence-electron chi connectivity index (χ1n) is 10.3. The Kier molecular flexibility index (Phi) is 9.98. The summed E-state index contributed by atoms with van der Waals surface area (Å²) in [6, 6.07) is 8.44. The summed E-state index contributed by atoms with van der Waals surface area (Å²) in [5.41, 5.74) is 6.64. The van der Waals surface area contributed by atoms with Gasteiger partial charge in [-0.25, -0.2) is 0 Å². The second-order valence-electron chi connectivity index (χ2n) is 7.87. The molecule has 2 unspecified atom stereocenters. The van der Waals surface area contributed by atoms with Gasteiger partial charge in [0.1, 0.15) is 0 Å². The van der Waals surface area contributed by atoms with Crippen molar-refractivity contribution >= 4 is 47.4 Å². The molecule has 2 saturated heterocycles. The van der Waals surface area contributed by atoms with Gasteiger partial charge in [0.15, 0.2) is 5.96 Å². The lowest BCUT2D eigenvalue weighted by atomic mass is 9.95. The van der Waals surface area contributed by atoms with Crippen molar-refractivity contribution in [2.24, 2.45) is 16.6 Å². The number of aliphatic imine (C=N–C) groups is 1. The molecule has 0 saturated carbocycles. The topological polar surface area (TPSA) is 74.0 Å². The number of carbonyl (C=O) groups excluding carboxylic acids is 1. The number of primary amides is 1. The highest BCUT2D eigenvalue weighted by molar-refractivity contribution is 14.0. The van der Waals surface area contributed by atoms with Gasteiger partial charge in [-0.05, 0) is 62.4 Å². The van der Waals surface area contributed by atoms with Crippen LogP contribution in [0.4, 0.5) is 0 Å². The number of benzene rings is 1. The van der Waals surface area contributed by atoms with Crippen LogP contribution in [0.5, 0.6) is 0 Å². The molecule has 0 aromatic heterocycles. The van der Waals surface area contributed by atoms with Crippen LogP contribution in [-0.2, 0) is 4.79 Å². The van der Waals surface area contributed by atoms with Gasteiger partial charge in [-0.15, -0.1) is 24.0 Å². The summed E-state index contributed by atoms with van der Waals surface area (Å²) in [6.45, 7) is 4.79. The van der Waals surface area contributed by atoms with Crippen molar-refractivity contribution in [3.8, 4) is 0 Å². The summed E-state index contributed by atoms with van der Waals surface area (Å²) in [5, 5.41) is 4.36. The molecular weight excluding hydrogens is 501 g/mol. The zero-order valence-corrected chi connectivity index (χ0v) is 20.2. The molecule has 0 aliphatic carbocycles. The van der Waals surface area contributed by atoms with E-state index >= 15 is 0 Å². The van der Waals surface area contributed by atoms with Crippen molar-refractivity contribution in [1.82, 2.24) is 15.1 Å². The van der Waals surface area contributed by atoms with Gasteiger partial charge in [0, 0.05) is 38.1 Å². The molecule has 2 heterocycles. The number of hydrogen-bond donors (Lipinski definition) is 2.